The minimum absolute atomic E-state index is 0.536. The second-order valence-electron chi connectivity index (χ2n) is 4.46. The van der Waals surface area contributed by atoms with Gasteiger partial charge in [-0.05, 0) is 25.9 Å². The molecule has 1 aliphatic rings. The van der Waals surface area contributed by atoms with E-state index in [4.69, 9.17) is 0 Å². The van der Waals surface area contributed by atoms with Crippen molar-refractivity contribution in [2.45, 2.75) is 25.8 Å². The van der Waals surface area contributed by atoms with Gasteiger partial charge in [-0.1, -0.05) is 6.92 Å². The molecule has 0 amide bonds. The molecule has 0 aliphatic carbocycles. The summed E-state index contributed by atoms with van der Waals surface area (Å²) in [6, 6.07) is 2.59. The molecule has 0 unspecified atom stereocenters. The van der Waals surface area contributed by atoms with E-state index in [0.29, 0.717) is 6.04 Å². The molecule has 1 aliphatic heterocycles. The maximum atomic E-state index is 4.37. The highest BCUT2D eigenvalue weighted by Gasteiger charge is 2.21. The first-order valence-corrected chi connectivity index (χ1v) is 6.60. The fourth-order valence-corrected chi connectivity index (χ4v) is 1.96. The Morgan fingerprint density at radius 3 is 2.94 bits per heavy atom. The van der Waals surface area contributed by atoms with Crippen molar-refractivity contribution >= 4 is 5.82 Å². The molecule has 1 aromatic heterocycles. The zero-order chi connectivity index (χ0) is 11.9. The summed E-state index contributed by atoms with van der Waals surface area (Å²) in [5, 5.41) is 14.4. The molecule has 0 saturated carbocycles. The van der Waals surface area contributed by atoms with Crippen molar-refractivity contribution in [2.24, 2.45) is 0 Å². The predicted octanol–water partition coefficient (Wildman–Crippen LogP) is 0.829. The molecule has 1 saturated heterocycles. The third kappa shape index (κ3) is 3.44. The van der Waals surface area contributed by atoms with Crippen molar-refractivity contribution in [2.75, 3.05) is 38.0 Å². The Balaban J connectivity index is 1.66. The molecular formula is C12H23N5. The number of hydrogen-bond donors (Lipinski definition) is 3. The highest BCUT2D eigenvalue weighted by molar-refractivity contribution is 5.34. The van der Waals surface area contributed by atoms with Crippen LogP contribution in [0.2, 0.25) is 0 Å². The van der Waals surface area contributed by atoms with Gasteiger partial charge in [0.2, 0.25) is 0 Å². The smallest absolute Gasteiger partial charge is 0.124 e. The van der Waals surface area contributed by atoms with Crippen LogP contribution in [0, 0.1) is 0 Å². The molecule has 1 fully saturated rings. The zero-order valence-corrected chi connectivity index (χ0v) is 10.6. The maximum Gasteiger partial charge on any atom is 0.124 e. The van der Waals surface area contributed by atoms with Crippen molar-refractivity contribution < 1.29 is 0 Å². The van der Waals surface area contributed by atoms with Crippen LogP contribution in [0.15, 0.2) is 12.3 Å². The van der Waals surface area contributed by atoms with E-state index in [1.54, 1.807) is 0 Å². The van der Waals surface area contributed by atoms with Crippen molar-refractivity contribution in [3.8, 4) is 0 Å². The average molecular weight is 237 g/mol. The molecule has 0 radical (unpaired) electrons. The summed E-state index contributed by atoms with van der Waals surface area (Å²) in [6.45, 7) is 7.42. The normalized spacial score (nSPS) is 15.8. The minimum atomic E-state index is 0.536. The Kier molecular flexibility index (Phi) is 4.82. The van der Waals surface area contributed by atoms with Gasteiger partial charge in [-0.3, -0.25) is 0 Å². The van der Waals surface area contributed by atoms with Gasteiger partial charge in [0.25, 0.3) is 0 Å². The Labute approximate surface area is 103 Å². The third-order valence-electron chi connectivity index (χ3n) is 3.11. The highest BCUT2D eigenvalue weighted by atomic mass is 15.4. The number of nitrogens with one attached hydrogen (secondary N) is 3. The summed E-state index contributed by atoms with van der Waals surface area (Å²) in [5.41, 5.74) is 0. The van der Waals surface area contributed by atoms with Crippen molar-refractivity contribution in [1.29, 1.82) is 0 Å². The van der Waals surface area contributed by atoms with Crippen molar-refractivity contribution in [3.63, 3.8) is 0 Å². The van der Waals surface area contributed by atoms with Crippen LogP contribution in [-0.4, -0.2) is 42.5 Å². The first kappa shape index (κ1) is 12.4. The summed E-state index contributed by atoms with van der Waals surface area (Å²) in [5.74, 6) is 1.15. The molecule has 0 spiro atoms. The first-order chi connectivity index (χ1) is 8.42. The summed E-state index contributed by atoms with van der Waals surface area (Å²) < 4.78 is 2.10. The Morgan fingerprint density at radius 1 is 1.41 bits per heavy atom. The molecule has 96 valence electrons. The van der Waals surface area contributed by atoms with Crippen molar-refractivity contribution in [3.05, 3.63) is 12.3 Å². The second-order valence-corrected chi connectivity index (χ2v) is 4.46. The van der Waals surface area contributed by atoms with Crippen LogP contribution >= 0.6 is 0 Å². The van der Waals surface area contributed by atoms with Crippen LogP contribution in [-0.2, 0) is 0 Å². The standard InChI is InChI=1S/C12H23N5/c1-2-13-6-3-4-7-15-12-5-8-16-17(12)11-9-14-10-11/h5,8,11,13-15H,2-4,6-7,9-10H2,1H3. The van der Waals surface area contributed by atoms with E-state index in [2.05, 4.69) is 38.7 Å². The topological polar surface area (TPSA) is 53.9 Å². The van der Waals surface area contributed by atoms with Gasteiger partial charge in [0.15, 0.2) is 0 Å². The van der Waals surface area contributed by atoms with Gasteiger partial charge in [-0.15, -0.1) is 0 Å². The fraction of sp³-hybridized carbons (Fsp3) is 0.750. The summed E-state index contributed by atoms with van der Waals surface area (Å²) in [4.78, 5) is 0. The van der Waals surface area contributed by atoms with E-state index in [0.717, 1.165) is 38.5 Å². The molecule has 5 nitrogen and oxygen atoms in total. The molecule has 0 aromatic carbocycles. The Hall–Kier alpha value is -1.07. The molecule has 5 heteroatoms. The van der Waals surface area contributed by atoms with Gasteiger partial charge >= 0.3 is 0 Å². The Morgan fingerprint density at radius 2 is 2.24 bits per heavy atom. The van der Waals surface area contributed by atoms with E-state index in [1.807, 2.05) is 6.20 Å². The highest BCUT2D eigenvalue weighted by Crippen LogP contribution is 2.17. The molecule has 17 heavy (non-hydrogen) atoms. The summed E-state index contributed by atoms with van der Waals surface area (Å²) in [6.07, 6.45) is 4.29. The number of anilines is 1. The molecule has 1 aromatic rings. The van der Waals surface area contributed by atoms with Gasteiger partial charge in [-0.25, -0.2) is 4.68 Å². The molecular weight excluding hydrogens is 214 g/mol. The number of hydrogen-bond acceptors (Lipinski definition) is 4. The van der Waals surface area contributed by atoms with Crippen LogP contribution in [0.3, 0.4) is 0 Å². The van der Waals surface area contributed by atoms with E-state index in [9.17, 15) is 0 Å². The van der Waals surface area contributed by atoms with Crippen LogP contribution in [0.25, 0.3) is 0 Å². The van der Waals surface area contributed by atoms with E-state index in [-0.39, 0.29) is 0 Å². The average Bonchev–Trinajstić information content (AvgIpc) is 2.69. The number of aromatic nitrogens is 2. The predicted molar refractivity (Wildman–Crippen MR) is 70.4 cm³/mol. The lowest BCUT2D eigenvalue weighted by atomic mass is 10.2. The zero-order valence-electron chi connectivity index (χ0n) is 10.6. The maximum absolute atomic E-state index is 4.37. The minimum Gasteiger partial charge on any atom is -0.370 e. The van der Waals surface area contributed by atoms with Gasteiger partial charge in [0.05, 0.1) is 12.2 Å². The van der Waals surface area contributed by atoms with Gasteiger partial charge < -0.3 is 16.0 Å². The monoisotopic (exact) mass is 237 g/mol. The quantitative estimate of drug-likeness (QED) is 0.586. The van der Waals surface area contributed by atoms with Crippen LogP contribution < -0.4 is 16.0 Å². The molecule has 3 N–H and O–H groups in total. The summed E-state index contributed by atoms with van der Waals surface area (Å²) >= 11 is 0. The SMILES string of the molecule is CCNCCCCNc1ccnn1C1CNC1. The second kappa shape index (κ2) is 6.61. The number of unbranched alkanes of at least 4 members (excludes halogenated alkanes) is 1. The van der Waals surface area contributed by atoms with Gasteiger partial charge in [0.1, 0.15) is 5.82 Å². The molecule has 2 rings (SSSR count). The lowest BCUT2D eigenvalue weighted by Gasteiger charge is -2.28. The van der Waals surface area contributed by atoms with E-state index >= 15 is 0 Å². The molecule has 0 atom stereocenters. The van der Waals surface area contributed by atoms with Crippen LogP contribution in [0.5, 0.6) is 0 Å². The molecule has 0 bridgehead atoms. The van der Waals surface area contributed by atoms with Crippen LogP contribution in [0.4, 0.5) is 5.82 Å². The van der Waals surface area contributed by atoms with E-state index in [1.165, 1.54) is 12.8 Å². The lowest BCUT2D eigenvalue weighted by molar-refractivity contribution is 0.321. The van der Waals surface area contributed by atoms with Gasteiger partial charge in [-0.2, -0.15) is 5.10 Å². The third-order valence-corrected chi connectivity index (χ3v) is 3.11. The fourth-order valence-electron chi connectivity index (χ4n) is 1.96. The largest absolute Gasteiger partial charge is 0.370 e. The number of nitrogens with zero attached hydrogens (tertiary/aromatic N) is 2. The molecule has 2 heterocycles. The van der Waals surface area contributed by atoms with Crippen LogP contribution in [0.1, 0.15) is 25.8 Å². The summed E-state index contributed by atoms with van der Waals surface area (Å²) in [7, 11) is 0. The first-order valence-electron chi connectivity index (χ1n) is 6.60. The van der Waals surface area contributed by atoms with Crippen molar-refractivity contribution in [1.82, 2.24) is 20.4 Å². The van der Waals surface area contributed by atoms with Gasteiger partial charge in [0, 0.05) is 25.7 Å². The lowest BCUT2D eigenvalue weighted by Crippen LogP contribution is -2.44. The Bertz CT molecular complexity index is 318. The number of rotatable bonds is 8. The van der Waals surface area contributed by atoms with E-state index < -0.39 is 0 Å².